The summed E-state index contributed by atoms with van der Waals surface area (Å²) in [5, 5.41) is 8.79. The van der Waals surface area contributed by atoms with E-state index in [-0.39, 0.29) is 0 Å². The molecule has 0 spiro atoms. The molecular formula is C12H22N2O2S. The van der Waals surface area contributed by atoms with Crippen molar-refractivity contribution in [3.8, 4) is 5.75 Å². The highest BCUT2D eigenvalue weighted by Gasteiger charge is 2.02. The third-order valence-electron chi connectivity index (χ3n) is 2.40. The highest BCUT2D eigenvalue weighted by molar-refractivity contribution is 7.10. The number of hydrogen-bond acceptors (Lipinski definition) is 5. The summed E-state index contributed by atoms with van der Waals surface area (Å²) >= 11 is 1.73. The van der Waals surface area contributed by atoms with Crippen LogP contribution in [-0.2, 0) is 11.3 Å². The predicted octanol–water partition coefficient (Wildman–Crippen LogP) is 1.47. The zero-order valence-corrected chi connectivity index (χ0v) is 11.4. The molecule has 2 N–H and O–H groups in total. The van der Waals surface area contributed by atoms with Gasteiger partial charge in [0, 0.05) is 20.2 Å². The summed E-state index contributed by atoms with van der Waals surface area (Å²) in [6, 6.07) is 2.01. The standard InChI is InChI=1S/C12H22N2O2S/c1-15-8-7-13-5-3-6-14-10-12-11(16-2)4-9-17-12/h4,9,13-14H,3,5-8,10H2,1-2H3. The molecule has 0 saturated carbocycles. The Kier molecular flexibility index (Phi) is 8.00. The first kappa shape index (κ1) is 14.4. The number of nitrogens with one attached hydrogen (secondary N) is 2. The van der Waals surface area contributed by atoms with Gasteiger partial charge in [-0.1, -0.05) is 0 Å². The first-order chi connectivity index (χ1) is 8.38. The topological polar surface area (TPSA) is 42.5 Å². The molecule has 0 aliphatic rings. The van der Waals surface area contributed by atoms with Crippen LogP contribution in [0.1, 0.15) is 11.3 Å². The number of thiophene rings is 1. The van der Waals surface area contributed by atoms with Crippen LogP contribution in [-0.4, -0.2) is 40.5 Å². The van der Waals surface area contributed by atoms with E-state index in [1.807, 2.05) is 6.07 Å². The van der Waals surface area contributed by atoms with Crippen LogP contribution in [0.25, 0.3) is 0 Å². The Morgan fingerprint density at radius 2 is 2.00 bits per heavy atom. The Bertz CT molecular complexity index is 292. The second kappa shape index (κ2) is 9.41. The molecule has 0 aliphatic carbocycles. The largest absolute Gasteiger partial charge is 0.496 e. The van der Waals surface area contributed by atoms with Gasteiger partial charge in [-0.15, -0.1) is 11.3 Å². The number of methoxy groups -OCH3 is 2. The molecule has 1 heterocycles. The lowest BCUT2D eigenvalue weighted by Gasteiger charge is -2.06. The Labute approximate surface area is 107 Å². The molecule has 0 aromatic carbocycles. The van der Waals surface area contributed by atoms with Gasteiger partial charge in [0.25, 0.3) is 0 Å². The van der Waals surface area contributed by atoms with E-state index in [0.717, 1.165) is 45.0 Å². The molecule has 0 radical (unpaired) electrons. The van der Waals surface area contributed by atoms with Crippen LogP contribution in [0.3, 0.4) is 0 Å². The average molecular weight is 258 g/mol. The van der Waals surface area contributed by atoms with Gasteiger partial charge in [-0.05, 0) is 31.0 Å². The lowest BCUT2D eigenvalue weighted by atomic mass is 10.4. The molecule has 17 heavy (non-hydrogen) atoms. The minimum Gasteiger partial charge on any atom is -0.496 e. The summed E-state index contributed by atoms with van der Waals surface area (Å²) in [6.45, 7) is 4.63. The SMILES string of the molecule is COCCNCCCNCc1sccc1OC. The molecule has 0 saturated heterocycles. The smallest absolute Gasteiger partial charge is 0.134 e. The van der Waals surface area contributed by atoms with Crippen molar-refractivity contribution >= 4 is 11.3 Å². The van der Waals surface area contributed by atoms with E-state index in [1.54, 1.807) is 25.6 Å². The van der Waals surface area contributed by atoms with E-state index < -0.39 is 0 Å². The third-order valence-corrected chi connectivity index (χ3v) is 3.30. The van der Waals surface area contributed by atoms with Crippen molar-refractivity contribution in [2.45, 2.75) is 13.0 Å². The molecule has 0 aliphatic heterocycles. The fourth-order valence-corrected chi connectivity index (χ4v) is 2.29. The van der Waals surface area contributed by atoms with Gasteiger partial charge in [0.05, 0.1) is 18.6 Å². The molecule has 0 atom stereocenters. The van der Waals surface area contributed by atoms with Crippen molar-refractivity contribution in [2.75, 3.05) is 40.5 Å². The molecule has 5 heteroatoms. The molecule has 4 nitrogen and oxygen atoms in total. The van der Waals surface area contributed by atoms with Crippen molar-refractivity contribution in [3.63, 3.8) is 0 Å². The lowest BCUT2D eigenvalue weighted by Crippen LogP contribution is -2.24. The van der Waals surface area contributed by atoms with Gasteiger partial charge in [-0.25, -0.2) is 0 Å². The Hall–Kier alpha value is -0.620. The van der Waals surface area contributed by atoms with E-state index in [2.05, 4.69) is 16.0 Å². The fraction of sp³-hybridized carbons (Fsp3) is 0.667. The van der Waals surface area contributed by atoms with Crippen molar-refractivity contribution < 1.29 is 9.47 Å². The molecule has 0 bridgehead atoms. The van der Waals surface area contributed by atoms with Gasteiger partial charge in [0.1, 0.15) is 5.75 Å². The van der Waals surface area contributed by atoms with Crippen LogP contribution in [0.15, 0.2) is 11.4 Å². The van der Waals surface area contributed by atoms with Crippen molar-refractivity contribution in [3.05, 3.63) is 16.3 Å². The van der Waals surface area contributed by atoms with Crippen LogP contribution in [0.5, 0.6) is 5.75 Å². The van der Waals surface area contributed by atoms with E-state index >= 15 is 0 Å². The highest BCUT2D eigenvalue weighted by atomic mass is 32.1. The van der Waals surface area contributed by atoms with Crippen LogP contribution in [0, 0.1) is 0 Å². The van der Waals surface area contributed by atoms with Gasteiger partial charge in [0.15, 0.2) is 0 Å². The molecule has 0 amide bonds. The Morgan fingerprint density at radius 3 is 2.76 bits per heavy atom. The molecule has 1 rings (SSSR count). The maximum Gasteiger partial charge on any atom is 0.134 e. The van der Waals surface area contributed by atoms with Crippen molar-refractivity contribution in [1.29, 1.82) is 0 Å². The van der Waals surface area contributed by atoms with Crippen molar-refractivity contribution in [1.82, 2.24) is 10.6 Å². The first-order valence-electron chi connectivity index (χ1n) is 5.89. The zero-order valence-electron chi connectivity index (χ0n) is 10.6. The van der Waals surface area contributed by atoms with Gasteiger partial charge >= 0.3 is 0 Å². The van der Waals surface area contributed by atoms with Crippen LogP contribution in [0.2, 0.25) is 0 Å². The predicted molar refractivity (Wildman–Crippen MR) is 71.9 cm³/mol. The van der Waals surface area contributed by atoms with Crippen LogP contribution >= 0.6 is 11.3 Å². The maximum absolute atomic E-state index is 5.25. The summed E-state index contributed by atoms with van der Waals surface area (Å²) < 4.78 is 10.2. The summed E-state index contributed by atoms with van der Waals surface area (Å²) in [6.07, 6.45) is 1.12. The van der Waals surface area contributed by atoms with Gasteiger partial charge < -0.3 is 20.1 Å². The van der Waals surface area contributed by atoms with E-state index in [4.69, 9.17) is 9.47 Å². The van der Waals surface area contributed by atoms with Crippen LogP contribution < -0.4 is 15.4 Å². The normalized spacial score (nSPS) is 10.7. The van der Waals surface area contributed by atoms with Crippen LogP contribution in [0.4, 0.5) is 0 Å². The van der Waals surface area contributed by atoms with Gasteiger partial charge in [-0.2, -0.15) is 0 Å². The molecule has 0 fully saturated rings. The monoisotopic (exact) mass is 258 g/mol. The number of rotatable bonds is 10. The second-order valence-electron chi connectivity index (χ2n) is 3.69. The third kappa shape index (κ3) is 6.02. The number of hydrogen-bond donors (Lipinski definition) is 2. The quantitative estimate of drug-likeness (QED) is 0.624. The van der Waals surface area contributed by atoms with Gasteiger partial charge in [0.2, 0.25) is 0 Å². The molecule has 98 valence electrons. The van der Waals surface area contributed by atoms with Crippen molar-refractivity contribution in [2.24, 2.45) is 0 Å². The minimum absolute atomic E-state index is 0.778. The lowest BCUT2D eigenvalue weighted by molar-refractivity contribution is 0.199. The van der Waals surface area contributed by atoms with E-state index in [0.29, 0.717) is 0 Å². The summed E-state index contributed by atoms with van der Waals surface area (Å²) in [4.78, 5) is 1.26. The average Bonchev–Trinajstić information content (AvgIpc) is 2.80. The molecular weight excluding hydrogens is 236 g/mol. The maximum atomic E-state index is 5.25. The van der Waals surface area contributed by atoms with E-state index in [9.17, 15) is 0 Å². The fourth-order valence-electron chi connectivity index (χ4n) is 1.48. The Balaban J connectivity index is 1.97. The summed E-state index contributed by atoms with van der Waals surface area (Å²) in [7, 11) is 3.43. The van der Waals surface area contributed by atoms with Gasteiger partial charge in [-0.3, -0.25) is 0 Å². The molecule has 1 aromatic heterocycles. The Morgan fingerprint density at radius 1 is 1.18 bits per heavy atom. The second-order valence-corrected chi connectivity index (χ2v) is 4.69. The minimum atomic E-state index is 0.778. The first-order valence-corrected chi connectivity index (χ1v) is 6.77. The summed E-state index contributed by atoms with van der Waals surface area (Å²) in [5.41, 5.74) is 0. The zero-order chi connectivity index (χ0) is 12.3. The molecule has 0 unspecified atom stereocenters. The number of ether oxygens (including phenoxy) is 2. The highest BCUT2D eigenvalue weighted by Crippen LogP contribution is 2.23. The van der Waals surface area contributed by atoms with E-state index in [1.165, 1.54) is 4.88 Å². The molecule has 1 aromatic rings. The summed E-state index contributed by atoms with van der Waals surface area (Å²) in [5.74, 6) is 0.987.